The summed E-state index contributed by atoms with van der Waals surface area (Å²) in [4.78, 5) is 16.6. The minimum absolute atomic E-state index is 0.0704. The van der Waals surface area contributed by atoms with Gasteiger partial charge in [0, 0.05) is 50.5 Å². The van der Waals surface area contributed by atoms with E-state index in [1.165, 1.54) is 12.1 Å². The summed E-state index contributed by atoms with van der Waals surface area (Å²) < 4.78 is 18.3. The van der Waals surface area contributed by atoms with Crippen LogP contribution in [0.1, 0.15) is 6.42 Å². The standard InChI is InChI=1S/C20H23ClFN3O2/c1-27-17-5-3-16(4-6-17)24-10-12-25(13-11-24)20(26)8-9-23-15-2-7-19(22)18(21)14-15/h2-7,14,23H,8-13H2,1H3. The van der Waals surface area contributed by atoms with Gasteiger partial charge < -0.3 is 19.9 Å². The van der Waals surface area contributed by atoms with Crippen LogP contribution in [0, 0.1) is 5.82 Å². The van der Waals surface area contributed by atoms with Crippen molar-refractivity contribution < 1.29 is 13.9 Å². The van der Waals surface area contributed by atoms with Gasteiger partial charge in [-0.15, -0.1) is 0 Å². The highest BCUT2D eigenvalue weighted by molar-refractivity contribution is 6.31. The van der Waals surface area contributed by atoms with Gasteiger partial charge in [0.15, 0.2) is 0 Å². The summed E-state index contributed by atoms with van der Waals surface area (Å²) in [6.45, 7) is 3.50. The van der Waals surface area contributed by atoms with Gasteiger partial charge in [0.25, 0.3) is 0 Å². The summed E-state index contributed by atoms with van der Waals surface area (Å²) in [5, 5.41) is 3.18. The Hall–Kier alpha value is -2.47. The van der Waals surface area contributed by atoms with E-state index in [0.717, 1.165) is 24.5 Å². The van der Waals surface area contributed by atoms with E-state index in [0.29, 0.717) is 31.7 Å². The number of nitrogens with zero attached hydrogens (tertiary/aromatic N) is 2. The van der Waals surface area contributed by atoms with E-state index in [1.54, 1.807) is 13.2 Å². The number of nitrogens with one attached hydrogen (secondary N) is 1. The molecular weight excluding hydrogens is 369 g/mol. The summed E-state index contributed by atoms with van der Waals surface area (Å²) in [6.07, 6.45) is 0.386. The SMILES string of the molecule is COc1ccc(N2CCN(C(=O)CCNc3ccc(F)c(Cl)c3)CC2)cc1. The number of carbonyl (C=O) groups excluding carboxylic acids is 1. The molecule has 2 aromatic carbocycles. The van der Waals surface area contributed by atoms with Gasteiger partial charge in [-0.3, -0.25) is 4.79 Å². The summed E-state index contributed by atoms with van der Waals surface area (Å²) in [5.41, 5.74) is 1.84. The van der Waals surface area contributed by atoms with Crippen LogP contribution in [0.15, 0.2) is 42.5 Å². The Morgan fingerprint density at radius 2 is 1.85 bits per heavy atom. The molecule has 0 aliphatic carbocycles. The largest absolute Gasteiger partial charge is 0.497 e. The number of methoxy groups -OCH3 is 1. The summed E-state index contributed by atoms with van der Waals surface area (Å²) >= 11 is 5.76. The van der Waals surface area contributed by atoms with E-state index in [2.05, 4.69) is 10.2 Å². The van der Waals surface area contributed by atoms with E-state index >= 15 is 0 Å². The highest BCUT2D eigenvalue weighted by Gasteiger charge is 2.21. The molecule has 0 radical (unpaired) electrons. The number of halogens is 2. The van der Waals surface area contributed by atoms with E-state index in [4.69, 9.17) is 16.3 Å². The van der Waals surface area contributed by atoms with Crippen LogP contribution >= 0.6 is 11.6 Å². The predicted octanol–water partition coefficient (Wildman–Crippen LogP) is 3.64. The van der Waals surface area contributed by atoms with E-state index in [1.807, 2.05) is 29.2 Å². The second kappa shape index (κ2) is 8.95. The fourth-order valence-corrected chi connectivity index (χ4v) is 3.27. The van der Waals surface area contributed by atoms with Crippen molar-refractivity contribution >= 4 is 28.9 Å². The van der Waals surface area contributed by atoms with Crippen molar-refractivity contribution in [3.05, 3.63) is 53.3 Å². The number of carbonyl (C=O) groups is 1. The van der Waals surface area contributed by atoms with Crippen molar-refractivity contribution in [3.63, 3.8) is 0 Å². The molecule has 27 heavy (non-hydrogen) atoms. The molecule has 1 N–H and O–H groups in total. The average molecular weight is 392 g/mol. The predicted molar refractivity (Wildman–Crippen MR) is 106 cm³/mol. The van der Waals surface area contributed by atoms with Crippen molar-refractivity contribution in [3.8, 4) is 5.75 Å². The Bertz CT molecular complexity index is 777. The maximum atomic E-state index is 13.2. The number of rotatable bonds is 6. The number of ether oxygens (including phenoxy) is 1. The lowest BCUT2D eigenvalue weighted by Crippen LogP contribution is -2.49. The van der Waals surface area contributed by atoms with E-state index in [-0.39, 0.29) is 10.9 Å². The van der Waals surface area contributed by atoms with Gasteiger partial charge in [0.05, 0.1) is 12.1 Å². The molecule has 1 fully saturated rings. The molecule has 1 aliphatic rings. The zero-order valence-corrected chi connectivity index (χ0v) is 16.0. The normalized spacial score (nSPS) is 14.2. The van der Waals surface area contributed by atoms with Crippen LogP contribution in [0.25, 0.3) is 0 Å². The van der Waals surface area contributed by atoms with Crippen molar-refractivity contribution in [2.24, 2.45) is 0 Å². The Morgan fingerprint density at radius 1 is 1.15 bits per heavy atom. The first-order valence-electron chi connectivity index (χ1n) is 8.92. The van der Waals surface area contributed by atoms with Crippen LogP contribution in [-0.2, 0) is 4.79 Å². The Balaban J connectivity index is 1.43. The maximum absolute atomic E-state index is 13.2. The monoisotopic (exact) mass is 391 g/mol. The van der Waals surface area contributed by atoms with E-state index in [9.17, 15) is 9.18 Å². The van der Waals surface area contributed by atoms with Gasteiger partial charge >= 0.3 is 0 Å². The fraction of sp³-hybridized carbons (Fsp3) is 0.350. The molecule has 7 heteroatoms. The first kappa shape index (κ1) is 19.3. The first-order valence-corrected chi connectivity index (χ1v) is 9.30. The van der Waals surface area contributed by atoms with Crippen molar-refractivity contribution in [2.75, 3.05) is 50.1 Å². The third kappa shape index (κ3) is 5.04. The molecule has 1 saturated heterocycles. The van der Waals surface area contributed by atoms with Gasteiger partial charge in [-0.05, 0) is 42.5 Å². The van der Waals surface area contributed by atoms with Crippen molar-refractivity contribution in [2.45, 2.75) is 6.42 Å². The second-order valence-electron chi connectivity index (χ2n) is 6.37. The lowest BCUT2D eigenvalue weighted by Gasteiger charge is -2.36. The number of hydrogen-bond acceptors (Lipinski definition) is 4. The second-order valence-corrected chi connectivity index (χ2v) is 6.78. The van der Waals surface area contributed by atoms with Crippen LogP contribution in [-0.4, -0.2) is 50.6 Å². The molecule has 0 bridgehead atoms. The number of amides is 1. The number of piperazine rings is 1. The molecule has 0 saturated carbocycles. The molecule has 1 amide bonds. The van der Waals surface area contributed by atoms with Crippen LogP contribution in [0.4, 0.5) is 15.8 Å². The fourth-order valence-electron chi connectivity index (χ4n) is 3.09. The summed E-state index contributed by atoms with van der Waals surface area (Å²) in [7, 11) is 1.65. The molecule has 2 aromatic rings. The third-order valence-electron chi connectivity index (χ3n) is 4.66. The number of anilines is 2. The first-order chi connectivity index (χ1) is 13.1. The molecule has 5 nitrogen and oxygen atoms in total. The molecule has 0 aromatic heterocycles. The number of hydrogen-bond donors (Lipinski definition) is 1. The van der Waals surface area contributed by atoms with Crippen molar-refractivity contribution in [1.82, 2.24) is 4.90 Å². The Kier molecular flexibility index (Phi) is 6.40. The number of benzene rings is 2. The average Bonchev–Trinajstić information content (AvgIpc) is 2.71. The third-order valence-corrected chi connectivity index (χ3v) is 4.95. The van der Waals surface area contributed by atoms with E-state index < -0.39 is 5.82 Å². The topological polar surface area (TPSA) is 44.8 Å². The Morgan fingerprint density at radius 3 is 2.48 bits per heavy atom. The summed E-state index contributed by atoms with van der Waals surface area (Å²) in [6, 6.07) is 12.4. The van der Waals surface area contributed by atoms with Gasteiger partial charge in [-0.1, -0.05) is 11.6 Å². The highest BCUT2D eigenvalue weighted by Crippen LogP contribution is 2.21. The summed E-state index contributed by atoms with van der Waals surface area (Å²) in [5.74, 6) is 0.501. The molecule has 1 aliphatic heterocycles. The maximum Gasteiger partial charge on any atom is 0.224 e. The molecule has 144 valence electrons. The van der Waals surface area contributed by atoms with Crippen molar-refractivity contribution in [1.29, 1.82) is 0 Å². The van der Waals surface area contributed by atoms with Gasteiger partial charge in [0.1, 0.15) is 11.6 Å². The smallest absolute Gasteiger partial charge is 0.224 e. The van der Waals surface area contributed by atoms with Gasteiger partial charge in [0.2, 0.25) is 5.91 Å². The molecule has 0 atom stereocenters. The lowest BCUT2D eigenvalue weighted by molar-refractivity contribution is -0.131. The molecule has 0 spiro atoms. The lowest BCUT2D eigenvalue weighted by atomic mass is 10.2. The highest BCUT2D eigenvalue weighted by atomic mass is 35.5. The van der Waals surface area contributed by atoms with Crippen LogP contribution < -0.4 is 15.0 Å². The van der Waals surface area contributed by atoms with Crippen LogP contribution in [0.2, 0.25) is 5.02 Å². The van der Waals surface area contributed by atoms with Crippen LogP contribution in [0.5, 0.6) is 5.75 Å². The molecule has 3 rings (SSSR count). The molecule has 1 heterocycles. The minimum Gasteiger partial charge on any atom is -0.497 e. The minimum atomic E-state index is -0.451. The molecular formula is C20H23ClFN3O2. The van der Waals surface area contributed by atoms with Crippen LogP contribution in [0.3, 0.4) is 0 Å². The zero-order valence-electron chi connectivity index (χ0n) is 15.3. The van der Waals surface area contributed by atoms with Gasteiger partial charge in [-0.2, -0.15) is 0 Å². The Labute approximate surface area is 163 Å². The zero-order chi connectivity index (χ0) is 19.2. The quantitative estimate of drug-likeness (QED) is 0.816. The van der Waals surface area contributed by atoms with Gasteiger partial charge in [-0.25, -0.2) is 4.39 Å². The molecule has 0 unspecified atom stereocenters.